The summed E-state index contributed by atoms with van der Waals surface area (Å²) in [6, 6.07) is -2.17. The van der Waals surface area contributed by atoms with Gasteiger partial charge < -0.3 is 44.2 Å². The van der Waals surface area contributed by atoms with Crippen molar-refractivity contribution in [2.45, 2.75) is 116 Å². The van der Waals surface area contributed by atoms with E-state index in [2.05, 4.69) is 10.6 Å². The van der Waals surface area contributed by atoms with Gasteiger partial charge in [0.15, 0.2) is 24.0 Å². The van der Waals surface area contributed by atoms with Crippen molar-refractivity contribution in [3.63, 3.8) is 0 Å². The molecule has 3 aliphatic rings. The lowest BCUT2D eigenvalue weighted by Crippen LogP contribution is -2.62. The number of carbonyl (C=O) groups excluding carboxylic acids is 3. The maximum atomic E-state index is 13.3. The van der Waals surface area contributed by atoms with Crippen LogP contribution >= 0.6 is 0 Å². The third-order valence-corrected chi connectivity index (χ3v) is 5.97. The highest BCUT2D eigenvalue weighted by Crippen LogP contribution is 2.44. The predicted octanol–water partition coefficient (Wildman–Crippen LogP) is -0.195. The van der Waals surface area contributed by atoms with Gasteiger partial charge in [0.25, 0.3) is 5.91 Å². The van der Waals surface area contributed by atoms with Crippen LogP contribution in [0.2, 0.25) is 0 Å². The molecular formula is C23H37N2O9-. The van der Waals surface area contributed by atoms with E-state index < -0.39 is 72.1 Å². The van der Waals surface area contributed by atoms with Crippen molar-refractivity contribution >= 4 is 17.8 Å². The zero-order valence-corrected chi connectivity index (χ0v) is 21.1. The average Bonchev–Trinajstić information content (AvgIpc) is 3.17. The molecule has 0 bridgehead atoms. The van der Waals surface area contributed by atoms with Gasteiger partial charge in [-0.1, -0.05) is 27.7 Å². The van der Waals surface area contributed by atoms with Crippen molar-refractivity contribution < 1.29 is 43.2 Å². The quantitative estimate of drug-likeness (QED) is 0.478. The first-order valence-electron chi connectivity index (χ1n) is 11.8. The number of carbonyl (C=O) groups is 3. The average molecular weight is 486 g/mol. The molecule has 194 valence electrons. The number of nitrogens with one attached hydrogen (secondary N) is 2. The van der Waals surface area contributed by atoms with Gasteiger partial charge in [0.2, 0.25) is 5.91 Å². The van der Waals surface area contributed by atoms with E-state index in [0.717, 1.165) is 0 Å². The highest BCUT2D eigenvalue weighted by Gasteiger charge is 2.62. The molecule has 3 heterocycles. The molecule has 0 aromatic carbocycles. The maximum absolute atomic E-state index is 13.3. The van der Waals surface area contributed by atoms with Crippen LogP contribution in [-0.2, 0) is 38.1 Å². The van der Waals surface area contributed by atoms with E-state index in [-0.39, 0.29) is 18.3 Å². The summed E-state index contributed by atoms with van der Waals surface area (Å²) in [7, 11) is 0. The third-order valence-electron chi connectivity index (χ3n) is 5.97. The second-order valence-electron chi connectivity index (χ2n) is 10.8. The Labute approximate surface area is 200 Å². The fourth-order valence-electron chi connectivity index (χ4n) is 4.54. The van der Waals surface area contributed by atoms with E-state index in [0.29, 0.717) is 0 Å². The van der Waals surface area contributed by atoms with Crippen LogP contribution in [-0.4, -0.2) is 72.1 Å². The summed E-state index contributed by atoms with van der Waals surface area (Å²) < 4.78 is 29.7. The molecule has 11 nitrogen and oxygen atoms in total. The Morgan fingerprint density at radius 1 is 0.853 bits per heavy atom. The first kappa shape index (κ1) is 26.8. The fourth-order valence-corrected chi connectivity index (χ4v) is 4.54. The van der Waals surface area contributed by atoms with Crippen molar-refractivity contribution in [1.82, 2.24) is 10.6 Å². The lowest BCUT2D eigenvalue weighted by atomic mass is 9.96. The van der Waals surface area contributed by atoms with Crippen LogP contribution in [0.25, 0.3) is 0 Å². The Morgan fingerprint density at radius 2 is 1.41 bits per heavy atom. The van der Waals surface area contributed by atoms with E-state index >= 15 is 0 Å². The number of fused-ring (bicyclic) bond motifs is 3. The Bertz CT molecular complexity index is 797. The van der Waals surface area contributed by atoms with Crippen LogP contribution in [0.15, 0.2) is 0 Å². The molecule has 0 aliphatic carbocycles. The van der Waals surface area contributed by atoms with E-state index in [1.807, 2.05) is 13.8 Å². The molecule has 7 atom stereocenters. The number of rotatable bonds is 8. The topological polar surface area (TPSA) is 144 Å². The molecule has 2 N–H and O–H groups in total. The monoisotopic (exact) mass is 485 g/mol. The molecule has 3 rings (SSSR count). The summed E-state index contributed by atoms with van der Waals surface area (Å²) in [5.74, 6) is -4.80. The standard InChI is InChI=1S/C23H38N2O9/c1-10(2)9-12(20(28)29)24-18(26)13(11(3)4)25-19(27)16-14-15(32-22(5,6)31-14)17-21(30-16)34-23(7,8)33-17/h10-17,21H,9H2,1-8H3,(H,24,26)(H,25,27)(H,28,29)/p-1/t12-,13+,14+,15-,16+,17+,21+/m0/s1. The van der Waals surface area contributed by atoms with Crippen molar-refractivity contribution in [2.24, 2.45) is 11.8 Å². The molecule has 2 amide bonds. The minimum atomic E-state index is -1.37. The highest BCUT2D eigenvalue weighted by atomic mass is 16.9. The van der Waals surface area contributed by atoms with Crippen molar-refractivity contribution in [3.05, 3.63) is 0 Å². The molecule has 0 saturated carbocycles. The van der Waals surface area contributed by atoms with Crippen LogP contribution in [0.4, 0.5) is 0 Å². The van der Waals surface area contributed by atoms with E-state index in [9.17, 15) is 19.5 Å². The van der Waals surface area contributed by atoms with Gasteiger partial charge in [-0.25, -0.2) is 0 Å². The second kappa shape index (κ2) is 9.69. The van der Waals surface area contributed by atoms with Gasteiger partial charge in [-0.05, 0) is 46.0 Å². The Morgan fingerprint density at radius 3 is 1.97 bits per heavy atom. The number of ether oxygens (including phenoxy) is 5. The van der Waals surface area contributed by atoms with E-state index in [1.54, 1.807) is 41.5 Å². The number of carboxylic acids is 1. The Hall–Kier alpha value is -1.79. The number of amides is 2. The summed E-state index contributed by atoms with van der Waals surface area (Å²) >= 11 is 0. The van der Waals surface area contributed by atoms with Crippen molar-refractivity contribution in [1.29, 1.82) is 0 Å². The summed E-state index contributed by atoms with van der Waals surface area (Å²) in [5.41, 5.74) is 0. The number of hydrogen-bond donors (Lipinski definition) is 2. The molecule has 34 heavy (non-hydrogen) atoms. The molecular weight excluding hydrogens is 448 g/mol. The molecule has 0 spiro atoms. The molecule has 0 aromatic rings. The smallest absolute Gasteiger partial charge is 0.252 e. The van der Waals surface area contributed by atoms with Gasteiger partial charge in [0.1, 0.15) is 24.4 Å². The van der Waals surface area contributed by atoms with Gasteiger partial charge >= 0.3 is 0 Å². The van der Waals surface area contributed by atoms with Gasteiger partial charge in [0, 0.05) is 0 Å². The Kier molecular flexibility index (Phi) is 7.64. The van der Waals surface area contributed by atoms with Crippen molar-refractivity contribution in [3.8, 4) is 0 Å². The lowest BCUT2D eigenvalue weighted by molar-refractivity contribution is -0.308. The summed E-state index contributed by atoms with van der Waals surface area (Å²) in [6.45, 7) is 14.1. The van der Waals surface area contributed by atoms with E-state index in [1.165, 1.54) is 0 Å². The van der Waals surface area contributed by atoms with E-state index in [4.69, 9.17) is 23.7 Å². The van der Waals surface area contributed by atoms with Crippen LogP contribution in [0.1, 0.15) is 61.8 Å². The lowest BCUT2D eigenvalue weighted by Gasteiger charge is -2.37. The molecule has 0 unspecified atom stereocenters. The fraction of sp³-hybridized carbons (Fsp3) is 0.870. The first-order chi connectivity index (χ1) is 15.6. The molecule has 0 aromatic heterocycles. The first-order valence-corrected chi connectivity index (χ1v) is 11.8. The molecule has 3 aliphatic heterocycles. The normalized spacial score (nSPS) is 33.2. The molecule has 0 radical (unpaired) electrons. The molecule has 3 fully saturated rings. The van der Waals surface area contributed by atoms with Gasteiger partial charge in [-0.3, -0.25) is 9.59 Å². The van der Waals surface area contributed by atoms with Crippen molar-refractivity contribution in [2.75, 3.05) is 0 Å². The number of hydrogen-bond acceptors (Lipinski definition) is 9. The Balaban J connectivity index is 1.76. The third kappa shape index (κ3) is 5.88. The zero-order valence-electron chi connectivity index (χ0n) is 21.1. The summed E-state index contributed by atoms with van der Waals surface area (Å²) in [6.07, 6.45) is -3.78. The minimum Gasteiger partial charge on any atom is -0.548 e. The van der Waals surface area contributed by atoms with Crippen LogP contribution in [0.5, 0.6) is 0 Å². The van der Waals surface area contributed by atoms with Crippen LogP contribution < -0.4 is 15.7 Å². The largest absolute Gasteiger partial charge is 0.548 e. The summed E-state index contributed by atoms with van der Waals surface area (Å²) in [4.78, 5) is 37.8. The molecule has 11 heteroatoms. The van der Waals surface area contributed by atoms with Crippen LogP contribution in [0, 0.1) is 11.8 Å². The van der Waals surface area contributed by atoms with Gasteiger partial charge in [0.05, 0.1) is 12.0 Å². The minimum absolute atomic E-state index is 0.0246. The highest BCUT2D eigenvalue weighted by molar-refractivity contribution is 5.91. The van der Waals surface area contributed by atoms with Gasteiger partial charge in [-0.2, -0.15) is 0 Å². The SMILES string of the molecule is CC(C)C[C@H](NC(=O)[C@H](NC(=O)[C@@H]1O[C@@H]2OC(C)(C)O[C@@H]2[C@H]2OC(C)(C)O[C@H]21)C(C)C)C(=O)[O-]. The summed E-state index contributed by atoms with van der Waals surface area (Å²) in [5, 5.41) is 16.7. The van der Waals surface area contributed by atoms with Gasteiger partial charge in [-0.15, -0.1) is 0 Å². The number of aliphatic carboxylic acids is 1. The number of carboxylic acid groups (broad SMARTS) is 1. The van der Waals surface area contributed by atoms with Crippen LogP contribution in [0.3, 0.4) is 0 Å². The second-order valence-corrected chi connectivity index (χ2v) is 10.8. The zero-order chi connectivity index (χ0) is 25.6. The molecule has 3 saturated heterocycles. The predicted molar refractivity (Wildman–Crippen MR) is 116 cm³/mol. The maximum Gasteiger partial charge on any atom is 0.252 e.